The molecule has 4 heterocycles. The van der Waals surface area contributed by atoms with Crippen molar-refractivity contribution in [2.75, 3.05) is 19.7 Å². The fourth-order valence-electron chi connectivity index (χ4n) is 7.90. The number of fused-ring (bicyclic) bond motifs is 6. The Balaban J connectivity index is 1.41. The van der Waals surface area contributed by atoms with Crippen LogP contribution >= 0.6 is 0 Å². The zero-order chi connectivity index (χ0) is 27.1. The molecule has 200 valence electrons. The average molecular weight is 526 g/mol. The fraction of sp³-hybridized carbons (Fsp3) is 0.270. The van der Waals surface area contributed by atoms with Crippen LogP contribution in [-0.2, 0) is 11.3 Å². The summed E-state index contributed by atoms with van der Waals surface area (Å²) in [6, 6.07) is 31.2. The van der Waals surface area contributed by atoms with Crippen LogP contribution in [0.25, 0.3) is 32.4 Å². The molecule has 8 rings (SSSR count). The summed E-state index contributed by atoms with van der Waals surface area (Å²) in [7, 11) is 0. The van der Waals surface area contributed by atoms with Gasteiger partial charge in [0, 0.05) is 35.9 Å². The molecule has 0 N–H and O–H groups in total. The highest BCUT2D eigenvalue weighted by atomic mass is 16.5. The number of aromatic nitrogens is 1. The molecular formula is C37H37N2O+. The standard InChI is InChI=1S/C37H37N2O/c1-3-21-40-37(33-17-19-38-35-16-10-9-15-32(33)35)36-23-27-18-20-39(36,24-26(27)4-2)25-34-30-13-7-5-11-28(30)22-29-12-6-8-14-31(29)34/h3-17,19,22,26-27,36-37H,1-2,18,20-21,23-25H2/q+1/t26?,27?,36-,37-,39?/m0/s1. The van der Waals surface area contributed by atoms with Crippen LogP contribution in [0.3, 0.4) is 0 Å². The topological polar surface area (TPSA) is 22.1 Å². The SMILES string of the molecule is C=CCO[C@@H](c1ccnc2ccccc12)[C@@H]1CC2CC[N+]1(Cc1c3ccccc3cc3ccccc13)CC2C=C. The Morgan fingerprint density at radius 2 is 1.60 bits per heavy atom. The quantitative estimate of drug-likeness (QED) is 0.115. The molecule has 0 aliphatic carbocycles. The second-order valence-electron chi connectivity index (χ2n) is 11.8. The minimum atomic E-state index is -0.0410. The summed E-state index contributed by atoms with van der Waals surface area (Å²) >= 11 is 0. The molecule has 3 saturated heterocycles. The molecule has 2 bridgehead atoms. The van der Waals surface area contributed by atoms with Gasteiger partial charge in [-0.25, -0.2) is 0 Å². The third kappa shape index (κ3) is 4.16. The van der Waals surface area contributed by atoms with Gasteiger partial charge in [0.1, 0.15) is 18.7 Å². The van der Waals surface area contributed by atoms with Gasteiger partial charge in [-0.05, 0) is 51.2 Å². The predicted molar refractivity (Wildman–Crippen MR) is 166 cm³/mol. The van der Waals surface area contributed by atoms with Gasteiger partial charge >= 0.3 is 0 Å². The van der Waals surface area contributed by atoms with Crippen LogP contribution in [0, 0.1) is 11.8 Å². The number of rotatable bonds is 8. The van der Waals surface area contributed by atoms with Crippen molar-refractivity contribution in [2.45, 2.75) is 31.5 Å². The molecule has 0 spiro atoms. The number of nitrogens with zero attached hydrogens (tertiary/aromatic N) is 2. The number of hydrogen-bond donors (Lipinski definition) is 0. The lowest BCUT2D eigenvalue weighted by Crippen LogP contribution is -2.67. The van der Waals surface area contributed by atoms with Gasteiger partial charge in [-0.1, -0.05) is 78.9 Å². The normalized spacial score (nSPS) is 24.9. The van der Waals surface area contributed by atoms with Crippen molar-refractivity contribution in [1.82, 2.24) is 4.98 Å². The van der Waals surface area contributed by atoms with Crippen molar-refractivity contribution >= 4 is 32.4 Å². The van der Waals surface area contributed by atoms with Crippen molar-refractivity contribution in [3.8, 4) is 0 Å². The minimum Gasteiger partial charge on any atom is -0.363 e. The number of hydrogen-bond acceptors (Lipinski definition) is 2. The lowest BCUT2D eigenvalue weighted by molar-refractivity contribution is -0.984. The van der Waals surface area contributed by atoms with E-state index >= 15 is 0 Å². The predicted octanol–water partition coefficient (Wildman–Crippen LogP) is 8.40. The molecule has 0 saturated carbocycles. The third-order valence-electron chi connectivity index (χ3n) is 9.76. The minimum absolute atomic E-state index is 0.0410. The number of ether oxygens (including phenoxy) is 1. The zero-order valence-electron chi connectivity index (χ0n) is 23.1. The maximum absolute atomic E-state index is 6.80. The summed E-state index contributed by atoms with van der Waals surface area (Å²) in [6.45, 7) is 12.1. The van der Waals surface area contributed by atoms with E-state index < -0.39 is 0 Å². The monoisotopic (exact) mass is 525 g/mol. The second-order valence-corrected chi connectivity index (χ2v) is 11.8. The molecule has 3 aliphatic heterocycles. The van der Waals surface area contributed by atoms with Gasteiger partial charge in [0.25, 0.3) is 0 Å². The molecular weight excluding hydrogens is 488 g/mol. The first-order valence-electron chi connectivity index (χ1n) is 14.6. The van der Waals surface area contributed by atoms with Crippen LogP contribution in [0.4, 0.5) is 0 Å². The zero-order valence-corrected chi connectivity index (χ0v) is 23.1. The summed E-state index contributed by atoms with van der Waals surface area (Å²) in [5, 5.41) is 6.56. The molecule has 3 nitrogen and oxygen atoms in total. The number of piperidine rings is 3. The van der Waals surface area contributed by atoms with Gasteiger partial charge in [0.05, 0.1) is 25.2 Å². The number of para-hydroxylation sites is 1. The Morgan fingerprint density at radius 1 is 0.900 bits per heavy atom. The molecule has 5 aromatic rings. The number of quaternary nitrogens is 1. The van der Waals surface area contributed by atoms with Crippen LogP contribution in [0.1, 0.15) is 30.1 Å². The summed E-state index contributed by atoms with van der Waals surface area (Å²) < 4.78 is 7.81. The Hall–Kier alpha value is -3.79. The van der Waals surface area contributed by atoms with Crippen LogP contribution in [0.5, 0.6) is 0 Å². The van der Waals surface area contributed by atoms with Gasteiger partial charge in [0.2, 0.25) is 0 Å². The molecule has 0 amide bonds. The Labute approximate surface area is 237 Å². The van der Waals surface area contributed by atoms with Crippen molar-refractivity contribution in [2.24, 2.45) is 11.8 Å². The highest BCUT2D eigenvalue weighted by molar-refractivity contribution is 6.02. The van der Waals surface area contributed by atoms with Crippen LogP contribution in [0.2, 0.25) is 0 Å². The van der Waals surface area contributed by atoms with Crippen molar-refractivity contribution in [3.05, 3.63) is 128 Å². The first-order chi connectivity index (χ1) is 19.7. The van der Waals surface area contributed by atoms with Crippen LogP contribution in [0.15, 0.2) is 116 Å². The third-order valence-corrected chi connectivity index (χ3v) is 9.76. The van der Waals surface area contributed by atoms with Gasteiger partial charge in [0.15, 0.2) is 0 Å². The average Bonchev–Trinajstić information content (AvgIpc) is 3.01. The van der Waals surface area contributed by atoms with Gasteiger partial charge in [-0.3, -0.25) is 4.98 Å². The van der Waals surface area contributed by atoms with Crippen molar-refractivity contribution in [3.63, 3.8) is 0 Å². The Bertz CT molecular complexity index is 1670. The maximum atomic E-state index is 6.80. The van der Waals surface area contributed by atoms with Crippen LogP contribution in [-0.4, -0.2) is 35.2 Å². The first-order valence-corrected chi connectivity index (χ1v) is 14.6. The largest absolute Gasteiger partial charge is 0.363 e. The summed E-state index contributed by atoms with van der Waals surface area (Å²) in [5.74, 6) is 1.18. The lowest BCUT2D eigenvalue weighted by atomic mass is 9.70. The lowest BCUT2D eigenvalue weighted by Gasteiger charge is -2.58. The highest BCUT2D eigenvalue weighted by Crippen LogP contribution is 2.50. The first kappa shape index (κ1) is 25.2. The van der Waals surface area contributed by atoms with E-state index in [1.807, 2.05) is 12.3 Å². The Morgan fingerprint density at radius 3 is 2.33 bits per heavy atom. The summed E-state index contributed by atoms with van der Waals surface area (Å²) in [6.07, 6.45) is 8.41. The van der Waals surface area contributed by atoms with E-state index in [0.29, 0.717) is 24.5 Å². The number of benzene rings is 4. The van der Waals surface area contributed by atoms with E-state index in [2.05, 4.69) is 109 Å². The molecule has 4 aromatic carbocycles. The van der Waals surface area contributed by atoms with E-state index in [0.717, 1.165) is 36.1 Å². The smallest absolute Gasteiger partial charge is 0.135 e. The molecule has 3 fully saturated rings. The highest BCUT2D eigenvalue weighted by Gasteiger charge is 2.54. The van der Waals surface area contributed by atoms with Gasteiger partial charge < -0.3 is 9.22 Å². The molecule has 3 aliphatic rings. The molecule has 1 aromatic heterocycles. The second kappa shape index (κ2) is 10.3. The molecule has 5 atom stereocenters. The summed E-state index contributed by atoms with van der Waals surface area (Å²) in [4.78, 5) is 4.68. The van der Waals surface area contributed by atoms with Gasteiger partial charge in [-0.2, -0.15) is 0 Å². The summed E-state index contributed by atoms with van der Waals surface area (Å²) in [5.41, 5.74) is 3.74. The van der Waals surface area contributed by atoms with Crippen molar-refractivity contribution < 1.29 is 9.22 Å². The fourth-order valence-corrected chi connectivity index (χ4v) is 7.90. The Kier molecular flexibility index (Phi) is 6.50. The molecule has 0 radical (unpaired) electrons. The van der Waals surface area contributed by atoms with E-state index in [4.69, 9.17) is 4.74 Å². The van der Waals surface area contributed by atoms with E-state index in [-0.39, 0.29) is 6.10 Å². The molecule has 3 unspecified atom stereocenters. The van der Waals surface area contributed by atoms with E-state index in [9.17, 15) is 0 Å². The molecule has 3 heteroatoms. The van der Waals surface area contributed by atoms with Crippen molar-refractivity contribution in [1.29, 1.82) is 0 Å². The van der Waals surface area contributed by atoms with Gasteiger partial charge in [-0.15, -0.1) is 13.2 Å². The van der Waals surface area contributed by atoms with E-state index in [1.165, 1.54) is 44.5 Å². The molecule has 40 heavy (non-hydrogen) atoms. The van der Waals surface area contributed by atoms with E-state index in [1.54, 1.807) is 0 Å². The number of pyridine rings is 1. The maximum Gasteiger partial charge on any atom is 0.135 e. The van der Waals surface area contributed by atoms with Crippen LogP contribution < -0.4 is 0 Å².